The molecule has 1 heterocycles. The first-order chi connectivity index (χ1) is 9.60. The van der Waals surface area contributed by atoms with Crippen LogP contribution in [0.2, 0.25) is 0 Å². The molecule has 2 rings (SSSR count). The standard InChI is InChI=1S/C13H9BrN4O2/c14-11-3-1-9(2-4-11)7-16-13-10(6-15)5-12(8-17-13)18(19)20/h1-5,8H,7H2,(H,16,17). The summed E-state index contributed by atoms with van der Waals surface area (Å²) in [7, 11) is 0. The van der Waals surface area contributed by atoms with E-state index in [1.807, 2.05) is 30.3 Å². The van der Waals surface area contributed by atoms with E-state index in [9.17, 15) is 10.1 Å². The highest BCUT2D eigenvalue weighted by Crippen LogP contribution is 2.19. The third kappa shape index (κ3) is 3.30. The lowest BCUT2D eigenvalue weighted by Crippen LogP contribution is -2.04. The summed E-state index contributed by atoms with van der Waals surface area (Å²) in [6.45, 7) is 0.479. The van der Waals surface area contributed by atoms with E-state index >= 15 is 0 Å². The summed E-state index contributed by atoms with van der Waals surface area (Å²) in [5.41, 5.74) is 0.962. The van der Waals surface area contributed by atoms with Crippen molar-refractivity contribution in [3.8, 4) is 6.07 Å². The van der Waals surface area contributed by atoms with Gasteiger partial charge < -0.3 is 5.32 Å². The zero-order valence-electron chi connectivity index (χ0n) is 10.2. The van der Waals surface area contributed by atoms with E-state index in [0.717, 1.165) is 16.2 Å². The third-order valence-electron chi connectivity index (χ3n) is 2.58. The number of halogens is 1. The fraction of sp³-hybridized carbons (Fsp3) is 0.0769. The molecule has 20 heavy (non-hydrogen) atoms. The minimum Gasteiger partial charge on any atom is -0.365 e. The Morgan fingerprint density at radius 1 is 1.40 bits per heavy atom. The lowest BCUT2D eigenvalue weighted by Gasteiger charge is -2.07. The van der Waals surface area contributed by atoms with Crippen LogP contribution in [-0.4, -0.2) is 9.91 Å². The van der Waals surface area contributed by atoms with Crippen LogP contribution >= 0.6 is 15.9 Å². The number of hydrogen-bond acceptors (Lipinski definition) is 5. The van der Waals surface area contributed by atoms with Gasteiger partial charge in [-0.05, 0) is 17.7 Å². The molecule has 6 nitrogen and oxygen atoms in total. The van der Waals surface area contributed by atoms with Gasteiger partial charge >= 0.3 is 0 Å². The summed E-state index contributed by atoms with van der Waals surface area (Å²) in [6, 6.07) is 10.8. The number of nitro groups is 1. The zero-order chi connectivity index (χ0) is 14.5. The molecule has 0 fully saturated rings. The molecule has 0 atom stereocenters. The second kappa shape index (κ2) is 6.12. The number of anilines is 1. The lowest BCUT2D eigenvalue weighted by atomic mass is 10.2. The van der Waals surface area contributed by atoms with Gasteiger partial charge in [0.25, 0.3) is 5.69 Å². The molecule has 0 saturated heterocycles. The Bertz CT molecular complexity index is 680. The Morgan fingerprint density at radius 3 is 2.70 bits per heavy atom. The first-order valence-corrected chi connectivity index (χ1v) is 6.42. The van der Waals surface area contributed by atoms with Crippen molar-refractivity contribution in [1.29, 1.82) is 5.26 Å². The van der Waals surface area contributed by atoms with E-state index in [1.54, 1.807) is 0 Å². The molecule has 1 aromatic heterocycles. The highest BCUT2D eigenvalue weighted by atomic mass is 79.9. The maximum absolute atomic E-state index is 10.6. The number of nitriles is 1. The van der Waals surface area contributed by atoms with Crippen molar-refractivity contribution < 1.29 is 4.92 Å². The first kappa shape index (κ1) is 14.0. The predicted molar refractivity (Wildman–Crippen MR) is 77.1 cm³/mol. The number of benzene rings is 1. The van der Waals surface area contributed by atoms with Crippen molar-refractivity contribution in [3.63, 3.8) is 0 Å². The minimum atomic E-state index is -0.577. The van der Waals surface area contributed by atoms with Gasteiger partial charge in [-0.15, -0.1) is 0 Å². The van der Waals surface area contributed by atoms with E-state index in [2.05, 4.69) is 26.2 Å². The molecule has 100 valence electrons. The molecule has 0 spiro atoms. The van der Waals surface area contributed by atoms with Crippen LogP contribution in [-0.2, 0) is 6.54 Å². The molecule has 0 unspecified atom stereocenters. The van der Waals surface area contributed by atoms with Gasteiger partial charge in [-0.2, -0.15) is 5.26 Å². The number of nitrogens with zero attached hydrogens (tertiary/aromatic N) is 3. The molecular weight excluding hydrogens is 324 g/mol. The average Bonchev–Trinajstić information content (AvgIpc) is 2.46. The molecular formula is C13H9BrN4O2. The largest absolute Gasteiger partial charge is 0.365 e. The van der Waals surface area contributed by atoms with Gasteiger partial charge in [-0.1, -0.05) is 28.1 Å². The van der Waals surface area contributed by atoms with Crippen LogP contribution in [0.1, 0.15) is 11.1 Å². The topological polar surface area (TPSA) is 91.8 Å². The lowest BCUT2D eigenvalue weighted by molar-refractivity contribution is -0.385. The molecule has 0 aliphatic heterocycles. The van der Waals surface area contributed by atoms with Crippen LogP contribution in [0.15, 0.2) is 41.0 Å². The number of rotatable bonds is 4. The van der Waals surface area contributed by atoms with Crippen LogP contribution < -0.4 is 5.32 Å². The normalized spacial score (nSPS) is 9.80. The summed E-state index contributed by atoms with van der Waals surface area (Å²) >= 11 is 3.35. The van der Waals surface area contributed by atoms with Crippen LogP contribution in [0.25, 0.3) is 0 Å². The second-order valence-electron chi connectivity index (χ2n) is 3.94. The van der Waals surface area contributed by atoms with Crippen LogP contribution in [0.5, 0.6) is 0 Å². The summed E-state index contributed by atoms with van der Waals surface area (Å²) < 4.78 is 0.979. The Labute approximate surface area is 123 Å². The molecule has 0 bridgehead atoms. The summed E-state index contributed by atoms with van der Waals surface area (Å²) in [5.74, 6) is 0.334. The maximum Gasteiger partial charge on any atom is 0.289 e. The molecule has 2 aromatic rings. The van der Waals surface area contributed by atoms with Crippen molar-refractivity contribution in [2.45, 2.75) is 6.54 Å². The Morgan fingerprint density at radius 2 is 2.10 bits per heavy atom. The molecule has 0 radical (unpaired) electrons. The van der Waals surface area contributed by atoms with Crippen molar-refractivity contribution >= 4 is 27.4 Å². The fourth-order valence-corrected chi connectivity index (χ4v) is 1.83. The van der Waals surface area contributed by atoms with Gasteiger partial charge in [-0.25, -0.2) is 4.98 Å². The first-order valence-electron chi connectivity index (χ1n) is 5.63. The fourth-order valence-electron chi connectivity index (χ4n) is 1.57. The second-order valence-corrected chi connectivity index (χ2v) is 4.85. The SMILES string of the molecule is N#Cc1cc([N+](=O)[O-])cnc1NCc1ccc(Br)cc1. The average molecular weight is 333 g/mol. The Hall–Kier alpha value is -2.46. The zero-order valence-corrected chi connectivity index (χ0v) is 11.8. The minimum absolute atomic E-state index is 0.149. The summed E-state index contributed by atoms with van der Waals surface area (Å²) in [5, 5.41) is 22.6. The van der Waals surface area contributed by atoms with Crippen LogP contribution in [0.4, 0.5) is 11.5 Å². The molecule has 1 N–H and O–H groups in total. The van der Waals surface area contributed by atoms with Gasteiger partial charge in [0.1, 0.15) is 23.6 Å². The Balaban J connectivity index is 2.15. The molecule has 0 saturated carbocycles. The highest BCUT2D eigenvalue weighted by molar-refractivity contribution is 9.10. The Kier molecular flexibility index (Phi) is 4.27. The number of nitrogens with one attached hydrogen (secondary N) is 1. The quantitative estimate of drug-likeness (QED) is 0.685. The van der Waals surface area contributed by atoms with Gasteiger partial charge in [0.05, 0.1) is 4.92 Å². The third-order valence-corrected chi connectivity index (χ3v) is 3.11. The van der Waals surface area contributed by atoms with Gasteiger partial charge in [0, 0.05) is 17.1 Å². The number of aromatic nitrogens is 1. The van der Waals surface area contributed by atoms with Crippen molar-refractivity contribution in [1.82, 2.24) is 4.98 Å². The molecule has 1 aromatic carbocycles. The summed E-state index contributed by atoms with van der Waals surface area (Å²) in [4.78, 5) is 14.0. The van der Waals surface area contributed by atoms with Crippen molar-refractivity contribution in [3.05, 3.63) is 62.2 Å². The number of pyridine rings is 1. The summed E-state index contributed by atoms with van der Waals surface area (Å²) in [6.07, 6.45) is 1.13. The van der Waals surface area contributed by atoms with E-state index in [4.69, 9.17) is 5.26 Å². The smallest absolute Gasteiger partial charge is 0.289 e. The molecule has 0 aliphatic rings. The van der Waals surface area contributed by atoms with Gasteiger partial charge in [0.2, 0.25) is 0 Å². The highest BCUT2D eigenvalue weighted by Gasteiger charge is 2.11. The van der Waals surface area contributed by atoms with Crippen LogP contribution in [0, 0.1) is 21.4 Å². The molecule has 0 amide bonds. The van der Waals surface area contributed by atoms with Gasteiger partial charge in [0.15, 0.2) is 0 Å². The van der Waals surface area contributed by atoms with Crippen molar-refractivity contribution in [2.24, 2.45) is 0 Å². The maximum atomic E-state index is 10.6. The van der Waals surface area contributed by atoms with E-state index in [0.29, 0.717) is 12.4 Å². The predicted octanol–water partition coefficient (Wildman–Crippen LogP) is 3.24. The van der Waals surface area contributed by atoms with Crippen LogP contribution in [0.3, 0.4) is 0 Å². The molecule has 7 heteroatoms. The molecule has 0 aliphatic carbocycles. The number of hydrogen-bond donors (Lipinski definition) is 1. The van der Waals surface area contributed by atoms with E-state index in [1.165, 1.54) is 6.07 Å². The van der Waals surface area contributed by atoms with E-state index < -0.39 is 4.92 Å². The monoisotopic (exact) mass is 332 g/mol. The van der Waals surface area contributed by atoms with Gasteiger partial charge in [-0.3, -0.25) is 10.1 Å². The van der Waals surface area contributed by atoms with Crippen molar-refractivity contribution in [2.75, 3.05) is 5.32 Å². The van der Waals surface area contributed by atoms with E-state index in [-0.39, 0.29) is 11.3 Å².